The second-order valence-corrected chi connectivity index (χ2v) is 6.87. The van der Waals surface area contributed by atoms with Gasteiger partial charge in [0.25, 0.3) is 5.91 Å². The number of nitrogens with one attached hydrogen (secondary N) is 1. The summed E-state index contributed by atoms with van der Waals surface area (Å²) in [5.74, 6) is 0.350. The molecule has 2 aromatic rings. The Labute approximate surface area is 160 Å². The first-order chi connectivity index (χ1) is 13.1. The molecule has 0 aliphatic carbocycles. The van der Waals surface area contributed by atoms with Crippen molar-refractivity contribution in [3.63, 3.8) is 0 Å². The van der Waals surface area contributed by atoms with E-state index in [1.54, 1.807) is 24.3 Å². The molecule has 5 nitrogen and oxygen atoms in total. The molecule has 0 radical (unpaired) electrons. The summed E-state index contributed by atoms with van der Waals surface area (Å²) >= 11 is 0. The Balaban J connectivity index is 1.49. The summed E-state index contributed by atoms with van der Waals surface area (Å²) in [4.78, 5) is 25.8. The highest BCUT2D eigenvalue weighted by Crippen LogP contribution is 2.21. The predicted octanol–water partition coefficient (Wildman–Crippen LogP) is 4.29. The van der Waals surface area contributed by atoms with Gasteiger partial charge in [0.2, 0.25) is 0 Å². The second kappa shape index (κ2) is 9.21. The van der Waals surface area contributed by atoms with Gasteiger partial charge in [-0.2, -0.15) is 0 Å². The molecule has 3 rings (SSSR count). The first-order valence-electron chi connectivity index (χ1n) is 9.50. The van der Waals surface area contributed by atoms with E-state index in [0.29, 0.717) is 11.3 Å². The van der Waals surface area contributed by atoms with Gasteiger partial charge in [-0.15, -0.1) is 0 Å². The third-order valence-electron chi connectivity index (χ3n) is 4.75. The first-order valence-corrected chi connectivity index (χ1v) is 9.50. The lowest BCUT2D eigenvalue weighted by molar-refractivity contribution is -0.118. The third kappa shape index (κ3) is 5.58. The lowest BCUT2D eigenvalue weighted by Gasteiger charge is -2.22. The number of rotatable bonds is 6. The van der Waals surface area contributed by atoms with Crippen LogP contribution in [0, 0.1) is 0 Å². The molecule has 0 aromatic heterocycles. The van der Waals surface area contributed by atoms with Gasteiger partial charge in [-0.1, -0.05) is 12.8 Å². The Morgan fingerprint density at radius 3 is 2.15 bits per heavy atom. The molecular weight excluding hydrogens is 340 g/mol. The number of benzene rings is 2. The van der Waals surface area contributed by atoms with Gasteiger partial charge in [-0.05, 0) is 68.3 Å². The van der Waals surface area contributed by atoms with E-state index in [2.05, 4.69) is 22.3 Å². The van der Waals surface area contributed by atoms with Crippen molar-refractivity contribution < 1.29 is 14.3 Å². The second-order valence-electron chi connectivity index (χ2n) is 6.87. The number of nitrogens with zero attached hydrogens (tertiary/aromatic N) is 1. The SMILES string of the molecule is CC(=O)c1ccc(OCC(=O)Nc2ccc(N3CCCCCC3)cc2)cc1. The average molecular weight is 366 g/mol. The molecule has 1 saturated heterocycles. The van der Waals surface area contributed by atoms with Crippen molar-refractivity contribution in [3.8, 4) is 5.75 Å². The van der Waals surface area contributed by atoms with Crippen LogP contribution in [0.1, 0.15) is 43.0 Å². The maximum atomic E-state index is 12.1. The van der Waals surface area contributed by atoms with Crippen molar-refractivity contribution in [2.75, 3.05) is 29.9 Å². The van der Waals surface area contributed by atoms with E-state index in [1.807, 2.05) is 12.1 Å². The number of hydrogen-bond donors (Lipinski definition) is 1. The zero-order valence-corrected chi connectivity index (χ0v) is 15.7. The molecule has 1 aliphatic heterocycles. The quantitative estimate of drug-likeness (QED) is 0.775. The molecule has 142 valence electrons. The zero-order valence-electron chi connectivity index (χ0n) is 15.7. The molecule has 1 aliphatic rings. The topological polar surface area (TPSA) is 58.6 Å². The Morgan fingerprint density at radius 1 is 0.926 bits per heavy atom. The van der Waals surface area contributed by atoms with Crippen molar-refractivity contribution in [2.45, 2.75) is 32.6 Å². The summed E-state index contributed by atoms with van der Waals surface area (Å²) < 4.78 is 5.48. The van der Waals surface area contributed by atoms with E-state index in [0.717, 1.165) is 18.8 Å². The van der Waals surface area contributed by atoms with Crippen LogP contribution in [0.3, 0.4) is 0 Å². The number of hydrogen-bond acceptors (Lipinski definition) is 4. The molecule has 1 amide bonds. The van der Waals surface area contributed by atoms with Crippen LogP contribution in [0.5, 0.6) is 5.75 Å². The van der Waals surface area contributed by atoms with E-state index in [-0.39, 0.29) is 18.3 Å². The van der Waals surface area contributed by atoms with Gasteiger partial charge in [0, 0.05) is 30.0 Å². The van der Waals surface area contributed by atoms with Crippen LogP contribution in [-0.2, 0) is 4.79 Å². The first kappa shape index (κ1) is 19.0. The summed E-state index contributed by atoms with van der Waals surface area (Å²) in [7, 11) is 0. The minimum absolute atomic E-state index is 0.00270. The van der Waals surface area contributed by atoms with Crippen molar-refractivity contribution >= 4 is 23.1 Å². The van der Waals surface area contributed by atoms with Gasteiger partial charge >= 0.3 is 0 Å². The van der Waals surface area contributed by atoms with Gasteiger partial charge in [-0.3, -0.25) is 9.59 Å². The molecule has 0 spiro atoms. The van der Waals surface area contributed by atoms with E-state index >= 15 is 0 Å². The summed E-state index contributed by atoms with van der Waals surface area (Å²) in [6, 6.07) is 14.7. The van der Waals surface area contributed by atoms with E-state index in [9.17, 15) is 9.59 Å². The minimum Gasteiger partial charge on any atom is -0.484 e. The summed E-state index contributed by atoms with van der Waals surface area (Å²) in [6.45, 7) is 3.64. The number of carbonyl (C=O) groups is 2. The van der Waals surface area contributed by atoms with Crippen LogP contribution in [-0.4, -0.2) is 31.4 Å². The fourth-order valence-electron chi connectivity index (χ4n) is 3.22. The molecule has 2 aromatic carbocycles. The summed E-state index contributed by atoms with van der Waals surface area (Å²) in [5.41, 5.74) is 2.59. The number of Topliss-reactive ketones (excluding diaryl/α,β-unsaturated/α-hetero) is 1. The Kier molecular flexibility index (Phi) is 6.47. The largest absolute Gasteiger partial charge is 0.484 e. The van der Waals surface area contributed by atoms with E-state index in [1.165, 1.54) is 38.3 Å². The van der Waals surface area contributed by atoms with Gasteiger partial charge in [-0.25, -0.2) is 0 Å². The number of anilines is 2. The maximum Gasteiger partial charge on any atom is 0.262 e. The molecule has 0 saturated carbocycles. The molecule has 1 N–H and O–H groups in total. The fraction of sp³-hybridized carbons (Fsp3) is 0.364. The fourth-order valence-corrected chi connectivity index (χ4v) is 3.22. The molecular formula is C22H26N2O3. The van der Waals surface area contributed by atoms with Crippen molar-refractivity contribution in [3.05, 3.63) is 54.1 Å². The lowest BCUT2D eigenvalue weighted by atomic mass is 10.1. The van der Waals surface area contributed by atoms with Crippen molar-refractivity contribution in [2.24, 2.45) is 0 Å². The monoisotopic (exact) mass is 366 g/mol. The minimum atomic E-state index is -0.215. The normalized spacial score (nSPS) is 14.3. The number of ether oxygens (including phenoxy) is 1. The van der Waals surface area contributed by atoms with Crippen LogP contribution < -0.4 is 15.0 Å². The van der Waals surface area contributed by atoms with Crippen LogP contribution in [0.25, 0.3) is 0 Å². The number of carbonyl (C=O) groups excluding carboxylic acids is 2. The molecule has 0 unspecified atom stereocenters. The number of ketones is 1. The Bertz CT molecular complexity index is 761. The molecule has 5 heteroatoms. The van der Waals surface area contributed by atoms with Crippen molar-refractivity contribution in [1.82, 2.24) is 0 Å². The van der Waals surface area contributed by atoms with Gasteiger partial charge in [0.1, 0.15) is 5.75 Å². The molecule has 1 heterocycles. The van der Waals surface area contributed by atoms with Gasteiger partial charge < -0.3 is 15.0 Å². The molecule has 0 bridgehead atoms. The average Bonchev–Trinajstić information content (AvgIpc) is 2.97. The molecule has 1 fully saturated rings. The number of amides is 1. The highest BCUT2D eigenvalue weighted by Gasteiger charge is 2.10. The third-order valence-corrected chi connectivity index (χ3v) is 4.75. The van der Waals surface area contributed by atoms with Crippen LogP contribution >= 0.6 is 0 Å². The van der Waals surface area contributed by atoms with E-state index < -0.39 is 0 Å². The zero-order chi connectivity index (χ0) is 19.1. The Hall–Kier alpha value is -2.82. The summed E-state index contributed by atoms with van der Waals surface area (Å²) in [6.07, 6.45) is 5.09. The van der Waals surface area contributed by atoms with Gasteiger partial charge in [0.15, 0.2) is 12.4 Å². The van der Waals surface area contributed by atoms with Crippen LogP contribution in [0.2, 0.25) is 0 Å². The summed E-state index contributed by atoms with van der Waals surface area (Å²) in [5, 5.41) is 2.85. The smallest absolute Gasteiger partial charge is 0.262 e. The van der Waals surface area contributed by atoms with Crippen LogP contribution in [0.4, 0.5) is 11.4 Å². The molecule has 27 heavy (non-hydrogen) atoms. The van der Waals surface area contributed by atoms with Crippen molar-refractivity contribution in [1.29, 1.82) is 0 Å². The Morgan fingerprint density at radius 2 is 1.56 bits per heavy atom. The van der Waals surface area contributed by atoms with Crippen LogP contribution in [0.15, 0.2) is 48.5 Å². The van der Waals surface area contributed by atoms with Gasteiger partial charge in [0.05, 0.1) is 0 Å². The van der Waals surface area contributed by atoms with E-state index in [4.69, 9.17) is 4.74 Å². The standard InChI is InChI=1S/C22H26N2O3/c1-17(25)18-6-12-21(13-7-18)27-16-22(26)23-19-8-10-20(11-9-19)24-14-4-2-3-5-15-24/h6-13H,2-5,14-16H2,1H3,(H,23,26). The highest BCUT2D eigenvalue weighted by molar-refractivity contribution is 5.94. The highest BCUT2D eigenvalue weighted by atomic mass is 16.5. The maximum absolute atomic E-state index is 12.1. The predicted molar refractivity (Wildman–Crippen MR) is 108 cm³/mol. The lowest BCUT2D eigenvalue weighted by Crippen LogP contribution is -2.24. The molecule has 0 atom stereocenters.